The normalized spacial score (nSPS) is 37.2. The lowest BCUT2D eigenvalue weighted by Gasteiger charge is -2.42. The standard InChI is InChI=1S/C14H27N3/c1-16-8-3-5-14(11-16)17-9-2-4-13(10-17)15-12-6-7-12/h12-15H,2-11H2,1H3. The van der Waals surface area contributed by atoms with E-state index in [-0.39, 0.29) is 0 Å². The van der Waals surface area contributed by atoms with E-state index in [0.29, 0.717) is 0 Å². The predicted molar refractivity (Wildman–Crippen MR) is 71.3 cm³/mol. The Morgan fingerprint density at radius 3 is 2.47 bits per heavy atom. The van der Waals surface area contributed by atoms with Crippen LogP contribution < -0.4 is 5.32 Å². The van der Waals surface area contributed by atoms with Crippen molar-refractivity contribution in [3.8, 4) is 0 Å². The fourth-order valence-electron chi connectivity index (χ4n) is 3.49. The highest BCUT2D eigenvalue weighted by Crippen LogP contribution is 2.24. The second kappa shape index (κ2) is 5.25. The molecule has 0 radical (unpaired) electrons. The Balaban J connectivity index is 1.51. The quantitative estimate of drug-likeness (QED) is 0.798. The molecule has 2 heterocycles. The summed E-state index contributed by atoms with van der Waals surface area (Å²) in [6, 6.07) is 2.48. The molecule has 0 bridgehead atoms. The Hall–Kier alpha value is -0.120. The van der Waals surface area contributed by atoms with E-state index >= 15 is 0 Å². The average Bonchev–Trinajstić information content (AvgIpc) is 3.13. The molecule has 0 aromatic carbocycles. The number of hydrogen-bond acceptors (Lipinski definition) is 3. The number of hydrogen-bond donors (Lipinski definition) is 1. The summed E-state index contributed by atoms with van der Waals surface area (Å²) in [4.78, 5) is 5.27. The second-order valence-electron chi connectivity index (χ2n) is 6.33. The van der Waals surface area contributed by atoms with Gasteiger partial charge in [0.05, 0.1) is 0 Å². The molecule has 0 spiro atoms. The summed E-state index contributed by atoms with van der Waals surface area (Å²) in [5, 5.41) is 3.82. The molecule has 2 atom stereocenters. The van der Waals surface area contributed by atoms with Crippen LogP contribution in [0.3, 0.4) is 0 Å². The number of nitrogens with zero attached hydrogens (tertiary/aromatic N) is 2. The van der Waals surface area contributed by atoms with Crippen molar-refractivity contribution in [3.05, 3.63) is 0 Å². The monoisotopic (exact) mass is 237 g/mol. The molecule has 0 amide bonds. The molecule has 2 aliphatic heterocycles. The number of likely N-dealkylation sites (tertiary alicyclic amines) is 2. The van der Waals surface area contributed by atoms with E-state index in [1.165, 1.54) is 64.7 Å². The smallest absolute Gasteiger partial charge is 0.0224 e. The van der Waals surface area contributed by atoms with Gasteiger partial charge in [0.1, 0.15) is 0 Å². The van der Waals surface area contributed by atoms with Crippen LogP contribution in [0, 0.1) is 0 Å². The van der Waals surface area contributed by atoms with Gasteiger partial charge in [0.2, 0.25) is 0 Å². The van der Waals surface area contributed by atoms with Gasteiger partial charge in [0, 0.05) is 31.2 Å². The summed E-state index contributed by atoms with van der Waals surface area (Å²) in [5.74, 6) is 0. The molecule has 17 heavy (non-hydrogen) atoms. The minimum atomic E-state index is 0.781. The van der Waals surface area contributed by atoms with Crippen molar-refractivity contribution in [2.75, 3.05) is 33.2 Å². The predicted octanol–water partition coefficient (Wildman–Crippen LogP) is 1.30. The topological polar surface area (TPSA) is 18.5 Å². The molecule has 1 aliphatic carbocycles. The molecular formula is C14H27N3. The van der Waals surface area contributed by atoms with Gasteiger partial charge in [-0.2, -0.15) is 0 Å². The summed E-state index contributed by atoms with van der Waals surface area (Å²) in [6.45, 7) is 5.22. The lowest BCUT2D eigenvalue weighted by atomic mass is 9.99. The second-order valence-corrected chi connectivity index (χ2v) is 6.33. The van der Waals surface area contributed by atoms with Gasteiger partial charge in [-0.1, -0.05) is 0 Å². The van der Waals surface area contributed by atoms with E-state index in [1.54, 1.807) is 0 Å². The minimum Gasteiger partial charge on any atom is -0.310 e. The van der Waals surface area contributed by atoms with Gasteiger partial charge in [-0.3, -0.25) is 4.90 Å². The molecular weight excluding hydrogens is 210 g/mol. The van der Waals surface area contributed by atoms with Crippen LogP contribution in [0.4, 0.5) is 0 Å². The maximum absolute atomic E-state index is 3.82. The maximum atomic E-state index is 3.82. The van der Waals surface area contributed by atoms with Crippen molar-refractivity contribution >= 4 is 0 Å². The van der Waals surface area contributed by atoms with E-state index in [2.05, 4.69) is 22.2 Å². The molecule has 1 saturated carbocycles. The van der Waals surface area contributed by atoms with Gasteiger partial charge >= 0.3 is 0 Å². The summed E-state index contributed by atoms with van der Waals surface area (Å²) >= 11 is 0. The highest BCUT2D eigenvalue weighted by atomic mass is 15.2. The van der Waals surface area contributed by atoms with Crippen molar-refractivity contribution in [1.82, 2.24) is 15.1 Å². The Morgan fingerprint density at radius 1 is 0.882 bits per heavy atom. The van der Waals surface area contributed by atoms with Gasteiger partial charge in [-0.15, -0.1) is 0 Å². The van der Waals surface area contributed by atoms with Crippen LogP contribution in [-0.2, 0) is 0 Å². The van der Waals surface area contributed by atoms with Gasteiger partial charge < -0.3 is 10.2 Å². The highest BCUT2D eigenvalue weighted by molar-refractivity contribution is 4.90. The minimum absolute atomic E-state index is 0.781. The Kier molecular flexibility index (Phi) is 3.69. The Bertz CT molecular complexity index is 252. The van der Waals surface area contributed by atoms with Crippen LogP contribution in [0.2, 0.25) is 0 Å². The van der Waals surface area contributed by atoms with Crippen LogP contribution in [0.5, 0.6) is 0 Å². The van der Waals surface area contributed by atoms with Crippen LogP contribution in [0.15, 0.2) is 0 Å². The largest absolute Gasteiger partial charge is 0.310 e. The fourth-order valence-corrected chi connectivity index (χ4v) is 3.49. The van der Waals surface area contributed by atoms with Crippen LogP contribution in [0.25, 0.3) is 0 Å². The third-order valence-corrected chi connectivity index (χ3v) is 4.62. The van der Waals surface area contributed by atoms with Crippen molar-refractivity contribution in [3.63, 3.8) is 0 Å². The summed E-state index contributed by atoms with van der Waals surface area (Å²) in [5.41, 5.74) is 0. The van der Waals surface area contributed by atoms with E-state index < -0.39 is 0 Å². The van der Waals surface area contributed by atoms with Crippen molar-refractivity contribution in [2.45, 2.75) is 56.7 Å². The first-order valence-electron chi connectivity index (χ1n) is 7.50. The van der Waals surface area contributed by atoms with Crippen LogP contribution in [0.1, 0.15) is 38.5 Å². The molecule has 0 aromatic heterocycles. The summed E-state index contributed by atoms with van der Waals surface area (Å²) in [7, 11) is 2.27. The third kappa shape index (κ3) is 3.21. The van der Waals surface area contributed by atoms with Gasteiger partial charge in [0.25, 0.3) is 0 Å². The molecule has 3 fully saturated rings. The van der Waals surface area contributed by atoms with Gasteiger partial charge in [-0.05, 0) is 58.7 Å². The molecule has 2 unspecified atom stereocenters. The molecule has 98 valence electrons. The van der Waals surface area contributed by atoms with Crippen molar-refractivity contribution in [2.24, 2.45) is 0 Å². The average molecular weight is 237 g/mol. The third-order valence-electron chi connectivity index (χ3n) is 4.62. The van der Waals surface area contributed by atoms with E-state index in [4.69, 9.17) is 0 Å². The van der Waals surface area contributed by atoms with Crippen LogP contribution >= 0.6 is 0 Å². The Morgan fingerprint density at radius 2 is 1.71 bits per heavy atom. The molecule has 3 heteroatoms. The van der Waals surface area contributed by atoms with E-state index in [1.807, 2.05) is 0 Å². The molecule has 2 saturated heterocycles. The number of nitrogens with one attached hydrogen (secondary N) is 1. The number of likely N-dealkylation sites (N-methyl/N-ethyl adjacent to an activating group) is 1. The lowest BCUT2D eigenvalue weighted by Crippen LogP contribution is -2.54. The number of rotatable bonds is 3. The molecule has 3 aliphatic rings. The van der Waals surface area contributed by atoms with E-state index in [0.717, 1.165) is 18.1 Å². The molecule has 3 rings (SSSR count). The van der Waals surface area contributed by atoms with Crippen molar-refractivity contribution < 1.29 is 0 Å². The van der Waals surface area contributed by atoms with Crippen molar-refractivity contribution in [1.29, 1.82) is 0 Å². The SMILES string of the molecule is CN1CCCC(N2CCCC(NC3CC3)C2)C1. The fraction of sp³-hybridized carbons (Fsp3) is 1.00. The number of piperidine rings is 2. The lowest BCUT2D eigenvalue weighted by molar-refractivity contribution is 0.0808. The zero-order chi connectivity index (χ0) is 11.7. The molecule has 0 aromatic rings. The van der Waals surface area contributed by atoms with Gasteiger partial charge in [0.15, 0.2) is 0 Å². The Labute approximate surface area is 106 Å². The maximum Gasteiger partial charge on any atom is 0.0224 e. The first-order valence-corrected chi connectivity index (χ1v) is 7.50. The first kappa shape index (κ1) is 11.9. The molecule has 1 N–H and O–H groups in total. The summed E-state index contributed by atoms with van der Waals surface area (Å²) < 4.78 is 0. The zero-order valence-corrected chi connectivity index (χ0v) is 11.2. The summed E-state index contributed by atoms with van der Waals surface area (Å²) in [6.07, 6.45) is 8.43. The first-order chi connectivity index (χ1) is 8.31. The zero-order valence-electron chi connectivity index (χ0n) is 11.2. The molecule has 3 nitrogen and oxygen atoms in total. The van der Waals surface area contributed by atoms with Crippen LogP contribution in [-0.4, -0.2) is 61.2 Å². The van der Waals surface area contributed by atoms with Gasteiger partial charge in [-0.25, -0.2) is 0 Å². The highest BCUT2D eigenvalue weighted by Gasteiger charge is 2.31. The van der Waals surface area contributed by atoms with E-state index in [9.17, 15) is 0 Å².